The average Bonchev–Trinajstić information content (AvgIpc) is 3.21. The average molecular weight is 321 g/mol. The summed E-state index contributed by atoms with van der Waals surface area (Å²) in [6.45, 7) is 5.58. The molecule has 1 aromatic heterocycles. The van der Waals surface area contributed by atoms with Crippen LogP contribution in [0.5, 0.6) is 0 Å². The lowest BCUT2D eigenvalue weighted by Gasteiger charge is -2.25. The van der Waals surface area contributed by atoms with Gasteiger partial charge in [-0.25, -0.2) is 4.98 Å². The number of anilines is 1. The zero-order valence-corrected chi connectivity index (χ0v) is 13.1. The minimum absolute atomic E-state index is 0.119. The Morgan fingerprint density at radius 2 is 2.41 bits per heavy atom. The first kappa shape index (κ1) is 15.4. The van der Waals surface area contributed by atoms with Crippen LogP contribution in [0.15, 0.2) is 6.20 Å². The third-order valence-electron chi connectivity index (χ3n) is 3.95. The predicted molar refractivity (Wildman–Crippen MR) is 82.3 cm³/mol. The molecule has 22 heavy (non-hydrogen) atoms. The van der Waals surface area contributed by atoms with Crippen LogP contribution >= 0.6 is 11.3 Å². The maximum absolute atomic E-state index is 12.4. The lowest BCUT2D eigenvalue weighted by molar-refractivity contribution is -0.121. The van der Waals surface area contributed by atoms with E-state index in [1.54, 1.807) is 6.20 Å². The first-order chi connectivity index (χ1) is 10.8. The fraction of sp³-hybridized carbons (Fsp3) is 0.643. The molecule has 2 saturated heterocycles. The second kappa shape index (κ2) is 7.15. The molecule has 2 fully saturated rings. The van der Waals surface area contributed by atoms with Crippen molar-refractivity contribution in [3.63, 3.8) is 0 Å². The Balaban J connectivity index is 1.65. The largest absolute Gasteiger partial charge is 0.379 e. The van der Waals surface area contributed by atoms with Crippen molar-refractivity contribution in [1.82, 2.24) is 15.2 Å². The van der Waals surface area contributed by atoms with Gasteiger partial charge in [-0.2, -0.15) is 10.2 Å². The van der Waals surface area contributed by atoms with Crippen molar-refractivity contribution in [3.05, 3.63) is 11.1 Å². The molecule has 1 atom stereocenters. The molecule has 1 N–H and O–H groups in total. The number of hydrogen-bond acceptors (Lipinski definition) is 7. The van der Waals surface area contributed by atoms with Gasteiger partial charge in [0.2, 0.25) is 11.0 Å². The van der Waals surface area contributed by atoms with E-state index in [1.807, 2.05) is 6.19 Å². The van der Waals surface area contributed by atoms with Crippen LogP contribution in [-0.4, -0.2) is 55.2 Å². The monoisotopic (exact) mass is 321 g/mol. The van der Waals surface area contributed by atoms with Gasteiger partial charge in [-0.15, -0.1) is 0 Å². The van der Waals surface area contributed by atoms with E-state index in [0.717, 1.165) is 55.6 Å². The predicted octanol–water partition coefficient (Wildman–Crippen LogP) is 0.399. The van der Waals surface area contributed by atoms with E-state index in [-0.39, 0.29) is 11.8 Å². The zero-order chi connectivity index (χ0) is 15.4. The second-order valence-electron chi connectivity index (χ2n) is 5.46. The number of hydrogen-bond donors (Lipinski definition) is 1. The highest BCUT2D eigenvalue weighted by atomic mass is 32.1. The fourth-order valence-electron chi connectivity index (χ4n) is 2.69. The molecule has 2 aliphatic heterocycles. The summed E-state index contributed by atoms with van der Waals surface area (Å²) in [5.41, 5.74) is 0. The van der Waals surface area contributed by atoms with Crippen molar-refractivity contribution in [2.24, 2.45) is 5.92 Å². The summed E-state index contributed by atoms with van der Waals surface area (Å²) in [5.74, 6) is -0.272. The van der Waals surface area contributed by atoms with E-state index in [0.29, 0.717) is 11.7 Å². The highest BCUT2D eigenvalue weighted by molar-refractivity contribution is 7.15. The molecule has 118 valence electrons. The van der Waals surface area contributed by atoms with E-state index in [2.05, 4.69) is 15.2 Å². The van der Waals surface area contributed by atoms with Crippen LogP contribution in [0.3, 0.4) is 0 Å². The standard InChI is InChI=1S/C14H19N5O2S/c15-10-19(13(20)11-1-2-16-7-11)14-17-8-12(22-14)9-18-3-5-21-6-4-18/h8,11,16H,1-7,9H2. The van der Waals surface area contributed by atoms with Crippen LogP contribution in [0, 0.1) is 17.4 Å². The molecule has 0 bridgehead atoms. The fourth-order valence-corrected chi connectivity index (χ4v) is 3.60. The number of aromatic nitrogens is 1. The van der Waals surface area contributed by atoms with Crippen molar-refractivity contribution < 1.29 is 9.53 Å². The first-order valence-corrected chi connectivity index (χ1v) is 8.29. The van der Waals surface area contributed by atoms with Crippen molar-refractivity contribution in [2.75, 3.05) is 44.3 Å². The lowest BCUT2D eigenvalue weighted by Crippen LogP contribution is -2.35. The zero-order valence-electron chi connectivity index (χ0n) is 12.3. The molecule has 0 aliphatic carbocycles. The van der Waals surface area contributed by atoms with Crippen molar-refractivity contribution >= 4 is 22.4 Å². The maximum atomic E-state index is 12.4. The Bertz CT molecular complexity index is 558. The van der Waals surface area contributed by atoms with E-state index in [4.69, 9.17) is 4.74 Å². The number of nitrogens with one attached hydrogen (secondary N) is 1. The van der Waals surface area contributed by atoms with E-state index < -0.39 is 0 Å². The molecule has 0 aromatic carbocycles. The molecule has 7 nitrogen and oxygen atoms in total. The molecule has 3 heterocycles. The minimum atomic E-state index is -0.153. The number of ether oxygens (including phenoxy) is 1. The third kappa shape index (κ3) is 3.44. The van der Waals surface area contributed by atoms with Crippen LogP contribution in [0.25, 0.3) is 0 Å². The topological polar surface area (TPSA) is 81.5 Å². The van der Waals surface area contributed by atoms with Crippen LogP contribution in [0.1, 0.15) is 11.3 Å². The molecule has 0 radical (unpaired) electrons. The van der Waals surface area contributed by atoms with Crippen LogP contribution in [0.2, 0.25) is 0 Å². The number of carbonyl (C=O) groups excluding carboxylic acids is 1. The summed E-state index contributed by atoms with van der Waals surface area (Å²) >= 11 is 1.41. The molecular weight excluding hydrogens is 302 g/mol. The van der Waals surface area contributed by atoms with Gasteiger partial charge in [0.1, 0.15) is 0 Å². The molecule has 3 rings (SSSR count). The maximum Gasteiger partial charge on any atom is 0.246 e. The van der Waals surface area contributed by atoms with Gasteiger partial charge in [0.25, 0.3) is 0 Å². The van der Waals surface area contributed by atoms with Crippen LogP contribution in [0.4, 0.5) is 5.13 Å². The normalized spacial score (nSPS) is 22.4. The third-order valence-corrected chi connectivity index (χ3v) is 4.91. The van der Waals surface area contributed by atoms with Crippen molar-refractivity contribution in [1.29, 1.82) is 5.26 Å². The van der Waals surface area contributed by atoms with Gasteiger partial charge in [0.05, 0.1) is 19.1 Å². The summed E-state index contributed by atoms with van der Waals surface area (Å²) in [5, 5.41) is 12.9. The SMILES string of the molecule is N#CN(C(=O)C1CCNC1)c1ncc(CN2CCOCC2)s1. The number of amides is 1. The summed E-state index contributed by atoms with van der Waals surface area (Å²) < 4.78 is 5.33. The molecule has 1 aromatic rings. The summed E-state index contributed by atoms with van der Waals surface area (Å²) in [4.78, 5) is 21.1. The molecule has 0 saturated carbocycles. The van der Waals surface area contributed by atoms with Gasteiger partial charge in [-0.1, -0.05) is 11.3 Å². The van der Waals surface area contributed by atoms with Gasteiger partial charge in [0.15, 0.2) is 6.19 Å². The highest BCUT2D eigenvalue weighted by Crippen LogP contribution is 2.26. The first-order valence-electron chi connectivity index (χ1n) is 7.47. The summed E-state index contributed by atoms with van der Waals surface area (Å²) in [7, 11) is 0. The second-order valence-corrected chi connectivity index (χ2v) is 6.55. The molecule has 8 heteroatoms. The number of nitrogens with zero attached hydrogens (tertiary/aromatic N) is 4. The lowest BCUT2D eigenvalue weighted by atomic mass is 10.1. The minimum Gasteiger partial charge on any atom is -0.379 e. The van der Waals surface area contributed by atoms with Gasteiger partial charge in [-0.3, -0.25) is 9.69 Å². The molecule has 0 spiro atoms. The van der Waals surface area contributed by atoms with Gasteiger partial charge < -0.3 is 10.1 Å². The van der Waals surface area contributed by atoms with Crippen LogP contribution in [-0.2, 0) is 16.1 Å². The van der Waals surface area contributed by atoms with E-state index >= 15 is 0 Å². The Hall–Kier alpha value is -1.53. The molecule has 1 amide bonds. The van der Waals surface area contributed by atoms with Gasteiger partial charge >= 0.3 is 0 Å². The number of nitriles is 1. The number of morpholine rings is 1. The smallest absolute Gasteiger partial charge is 0.246 e. The molecular formula is C14H19N5O2S. The number of thiazole rings is 1. The Morgan fingerprint density at radius 3 is 3.09 bits per heavy atom. The number of rotatable bonds is 4. The number of carbonyl (C=O) groups is 1. The highest BCUT2D eigenvalue weighted by Gasteiger charge is 2.29. The Morgan fingerprint density at radius 1 is 1.59 bits per heavy atom. The molecule has 2 aliphatic rings. The molecule has 1 unspecified atom stereocenters. The summed E-state index contributed by atoms with van der Waals surface area (Å²) in [6, 6.07) is 0. The van der Waals surface area contributed by atoms with Crippen molar-refractivity contribution in [3.8, 4) is 6.19 Å². The van der Waals surface area contributed by atoms with Gasteiger partial charge in [-0.05, 0) is 13.0 Å². The Labute approximate surface area is 133 Å². The van der Waals surface area contributed by atoms with Crippen LogP contribution < -0.4 is 10.2 Å². The van der Waals surface area contributed by atoms with Crippen molar-refractivity contribution in [2.45, 2.75) is 13.0 Å². The quantitative estimate of drug-likeness (QED) is 0.638. The summed E-state index contributed by atoms with van der Waals surface area (Å²) in [6.07, 6.45) is 4.53. The van der Waals surface area contributed by atoms with E-state index in [1.165, 1.54) is 11.3 Å². The Kier molecular flexibility index (Phi) is 5.00. The van der Waals surface area contributed by atoms with E-state index in [9.17, 15) is 10.1 Å². The van der Waals surface area contributed by atoms with Gasteiger partial charge in [0, 0.05) is 37.3 Å².